The maximum absolute atomic E-state index is 9.27. The molecule has 0 aliphatic carbocycles. The number of hydrogen-bond donors (Lipinski definition) is 4. The zero-order valence-electron chi connectivity index (χ0n) is 16.8. The van der Waals surface area contributed by atoms with Crippen LogP contribution < -0.4 is 11.1 Å². The summed E-state index contributed by atoms with van der Waals surface area (Å²) in [6.07, 6.45) is 10.5. The number of nitrogens with two attached hydrogens (primary N) is 1. The van der Waals surface area contributed by atoms with Crippen LogP contribution in [0.5, 0.6) is 0 Å². The number of unbranched alkanes of at least 4 members (excludes halogenated alkanes) is 3. The monoisotopic (exact) mass is 382 g/mol. The summed E-state index contributed by atoms with van der Waals surface area (Å²) in [6.45, 7) is 5.62. The highest BCUT2D eigenvalue weighted by molar-refractivity contribution is 4.92. The third-order valence-electron chi connectivity index (χ3n) is 4.71. The SMILES string of the molecule is CCCCCCN(CCO)CCC(N)CCC(NCCO)c1ncncn1. The molecule has 0 aliphatic heterocycles. The number of hydrogen-bond acceptors (Lipinski definition) is 8. The average Bonchev–Trinajstić information content (AvgIpc) is 2.70. The van der Waals surface area contributed by atoms with Crippen LogP contribution >= 0.6 is 0 Å². The summed E-state index contributed by atoms with van der Waals surface area (Å²) in [5.41, 5.74) is 6.33. The van der Waals surface area contributed by atoms with E-state index in [0.29, 0.717) is 18.9 Å². The van der Waals surface area contributed by atoms with Crippen molar-refractivity contribution in [3.05, 3.63) is 18.5 Å². The van der Waals surface area contributed by atoms with Gasteiger partial charge in [-0.3, -0.25) is 0 Å². The molecule has 2 unspecified atom stereocenters. The predicted octanol–water partition coefficient (Wildman–Crippen LogP) is 0.867. The average molecular weight is 383 g/mol. The van der Waals surface area contributed by atoms with Crippen LogP contribution in [0.15, 0.2) is 12.7 Å². The van der Waals surface area contributed by atoms with E-state index in [1.165, 1.54) is 38.3 Å². The zero-order valence-corrected chi connectivity index (χ0v) is 16.8. The highest BCUT2D eigenvalue weighted by Crippen LogP contribution is 2.15. The largest absolute Gasteiger partial charge is 0.395 e. The van der Waals surface area contributed by atoms with Crippen molar-refractivity contribution in [2.75, 3.05) is 39.4 Å². The smallest absolute Gasteiger partial charge is 0.148 e. The summed E-state index contributed by atoms with van der Waals surface area (Å²) >= 11 is 0. The Morgan fingerprint density at radius 3 is 2.44 bits per heavy atom. The molecule has 0 fully saturated rings. The van der Waals surface area contributed by atoms with Gasteiger partial charge in [0.25, 0.3) is 0 Å². The van der Waals surface area contributed by atoms with E-state index in [0.717, 1.165) is 32.4 Å². The summed E-state index contributed by atoms with van der Waals surface area (Å²) in [7, 11) is 0. The Hall–Kier alpha value is -1.19. The third kappa shape index (κ3) is 11.3. The molecule has 0 spiro atoms. The standard InChI is InChI=1S/C19H38N6O2/c1-2-3-4-5-10-25(12-14-27)11-8-17(20)6-7-18(22-9-13-26)19-23-15-21-16-24-19/h15-18,22,26-27H,2-14,20H2,1H3. The molecule has 8 heteroatoms. The molecule has 0 saturated heterocycles. The predicted molar refractivity (Wildman–Crippen MR) is 107 cm³/mol. The molecule has 1 aromatic rings. The molecule has 1 heterocycles. The Bertz CT molecular complexity index is 451. The summed E-state index contributed by atoms with van der Waals surface area (Å²) in [4.78, 5) is 14.6. The maximum atomic E-state index is 9.27. The van der Waals surface area contributed by atoms with Gasteiger partial charge in [-0.1, -0.05) is 26.2 Å². The van der Waals surface area contributed by atoms with Crippen molar-refractivity contribution in [2.45, 2.75) is 64.0 Å². The lowest BCUT2D eigenvalue weighted by molar-refractivity contribution is 0.187. The number of rotatable bonds is 17. The minimum atomic E-state index is -0.0335. The van der Waals surface area contributed by atoms with E-state index in [-0.39, 0.29) is 25.3 Å². The van der Waals surface area contributed by atoms with Crippen LogP contribution in [0.1, 0.15) is 63.7 Å². The van der Waals surface area contributed by atoms with Gasteiger partial charge in [0.1, 0.15) is 18.5 Å². The second kappa shape index (κ2) is 15.8. The summed E-state index contributed by atoms with van der Waals surface area (Å²) in [5.74, 6) is 0.684. The summed E-state index contributed by atoms with van der Waals surface area (Å²) < 4.78 is 0. The fraction of sp³-hybridized carbons (Fsp3) is 0.842. The van der Waals surface area contributed by atoms with Crippen LogP contribution in [0.25, 0.3) is 0 Å². The van der Waals surface area contributed by atoms with E-state index >= 15 is 0 Å². The molecule has 1 rings (SSSR count). The van der Waals surface area contributed by atoms with Crippen molar-refractivity contribution in [1.82, 2.24) is 25.2 Å². The van der Waals surface area contributed by atoms with Crippen molar-refractivity contribution >= 4 is 0 Å². The second-order valence-corrected chi connectivity index (χ2v) is 6.98. The fourth-order valence-corrected chi connectivity index (χ4v) is 3.10. The first-order chi connectivity index (χ1) is 13.2. The minimum absolute atomic E-state index is 0.0335. The first-order valence-electron chi connectivity index (χ1n) is 10.3. The normalized spacial score (nSPS) is 13.8. The highest BCUT2D eigenvalue weighted by Gasteiger charge is 2.16. The zero-order chi connectivity index (χ0) is 19.7. The first-order valence-corrected chi connectivity index (χ1v) is 10.3. The number of nitrogens with zero attached hydrogens (tertiary/aromatic N) is 4. The summed E-state index contributed by atoms with van der Waals surface area (Å²) in [6, 6.07) is 0.0517. The molecule has 156 valence electrons. The van der Waals surface area contributed by atoms with Crippen molar-refractivity contribution < 1.29 is 10.2 Å². The van der Waals surface area contributed by atoms with Crippen molar-refractivity contribution in [2.24, 2.45) is 5.73 Å². The Labute approximate surface area is 163 Å². The van der Waals surface area contributed by atoms with Gasteiger partial charge < -0.3 is 26.2 Å². The topological polar surface area (TPSA) is 120 Å². The van der Waals surface area contributed by atoms with Gasteiger partial charge in [-0.2, -0.15) is 0 Å². The van der Waals surface area contributed by atoms with Crippen molar-refractivity contribution in [3.8, 4) is 0 Å². The van der Waals surface area contributed by atoms with Crippen molar-refractivity contribution in [1.29, 1.82) is 0 Å². The van der Waals surface area contributed by atoms with E-state index in [1.54, 1.807) is 0 Å². The lowest BCUT2D eigenvalue weighted by atomic mass is 10.0. The molecular formula is C19H38N6O2. The van der Waals surface area contributed by atoms with Gasteiger partial charge in [0.05, 0.1) is 19.3 Å². The summed E-state index contributed by atoms with van der Waals surface area (Å²) in [5, 5.41) is 21.6. The third-order valence-corrected chi connectivity index (χ3v) is 4.71. The molecule has 0 bridgehead atoms. The van der Waals surface area contributed by atoms with E-state index < -0.39 is 0 Å². The van der Waals surface area contributed by atoms with Gasteiger partial charge in [0, 0.05) is 19.1 Å². The highest BCUT2D eigenvalue weighted by atomic mass is 16.3. The van der Waals surface area contributed by atoms with Crippen LogP contribution in [0.4, 0.5) is 0 Å². The second-order valence-electron chi connectivity index (χ2n) is 6.98. The van der Waals surface area contributed by atoms with Gasteiger partial charge >= 0.3 is 0 Å². The molecule has 0 amide bonds. The van der Waals surface area contributed by atoms with Gasteiger partial charge in [-0.15, -0.1) is 0 Å². The fourth-order valence-electron chi connectivity index (χ4n) is 3.10. The van der Waals surface area contributed by atoms with Gasteiger partial charge in [-0.05, 0) is 38.8 Å². The molecule has 0 saturated carbocycles. The van der Waals surface area contributed by atoms with Gasteiger partial charge in [0.15, 0.2) is 0 Å². The molecule has 0 aliphatic rings. The van der Waals surface area contributed by atoms with Crippen molar-refractivity contribution in [3.63, 3.8) is 0 Å². The minimum Gasteiger partial charge on any atom is -0.395 e. The lowest BCUT2D eigenvalue weighted by Gasteiger charge is -2.24. The Morgan fingerprint density at radius 2 is 1.78 bits per heavy atom. The molecule has 8 nitrogen and oxygen atoms in total. The Kier molecular flexibility index (Phi) is 14.0. The quantitative estimate of drug-likeness (QED) is 0.293. The van der Waals surface area contributed by atoms with E-state index in [2.05, 4.69) is 32.1 Å². The van der Waals surface area contributed by atoms with E-state index in [4.69, 9.17) is 10.8 Å². The Morgan fingerprint density at radius 1 is 1.00 bits per heavy atom. The molecule has 27 heavy (non-hydrogen) atoms. The Balaban J connectivity index is 2.37. The lowest BCUT2D eigenvalue weighted by Crippen LogP contribution is -2.34. The molecule has 0 radical (unpaired) electrons. The number of aliphatic hydroxyl groups excluding tert-OH is 2. The number of nitrogens with one attached hydrogen (secondary N) is 1. The number of aromatic nitrogens is 3. The maximum Gasteiger partial charge on any atom is 0.148 e. The van der Waals surface area contributed by atoms with E-state index in [9.17, 15) is 5.11 Å². The van der Waals surface area contributed by atoms with Crippen LogP contribution in [0.3, 0.4) is 0 Å². The van der Waals surface area contributed by atoms with Crippen LogP contribution in [-0.2, 0) is 0 Å². The molecule has 0 aromatic carbocycles. The molecular weight excluding hydrogens is 344 g/mol. The van der Waals surface area contributed by atoms with Crippen LogP contribution in [0.2, 0.25) is 0 Å². The molecule has 5 N–H and O–H groups in total. The van der Waals surface area contributed by atoms with Crippen LogP contribution in [0, 0.1) is 0 Å². The molecule has 1 aromatic heterocycles. The first kappa shape index (κ1) is 23.8. The van der Waals surface area contributed by atoms with Crippen LogP contribution in [-0.4, -0.2) is 75.5 Å². The number of aliphatic hydroxyl groups is 2. The van der Waals surface area contributed by atoms with E-state index in [1.807, 2.05) is 0 Å². The van der Waals surface area contributed by atoms with Gasteiger partial charge in [0.2, 0.25) is 0 Å². The molecule has 2 atom stereocenters. The van der Waals surface area contributed by atoms with Gasteiger partial charge in [-0.25, -0.2) is 15.0 Å².